The number of aromatic nitrogens is 2. The van der Waals surface area contributed by atoms with Crippen molar-refractivity contribution in [2.24, 2.45) is 11.8 Å². The van der Waals surface area contributed by atoms with E-state index < -0.39 is 59.2 Å². The molecule has 1 N–H and O–H groups in total. The first kappa shape index (κ1) is 24.1. The summed E-state index contributed by atoms with van der Waals surface area (Å²) in [4.78, 5) is 44.1. The van der Waals surface area contributed by atoms with E-state index >= 15 is 0 Å². The third-order valence-electron chi connectivity index (χ3n) is 6.47. The van der Waals surface area contributed by atoms with Crippen molar-refractivity contribution < 1.29 is 32.7 Å². The van der Waals surface area contributed by atoms with Crippen molar-refractivity contribution in [1.29, 1.82) is 0 Å². The van der Waals surface area contributed by atoms with Gasteiger partial charge in [-0.3, -0.25) is 19.4 Å². The molecule has 2 aromatic carbocycles. The van der Waals surface area contributed by atoms with E-state index in [-0.39, 0.29) is 5.69 Å². The Hall–Kier alpha value is -3.60. The topological polar surface area (TPSA) is 95.7 Å². The monoisotopic (exact) mass is 520 g/mol. The van der Waals surface area contributed by atoms with Crippen LogP contribution in [0.3, 0.4) is 0 Å². The molecule has 0 spiro atoms. The van der Waals surface area contributed by atoms with Crippen LogP contribution < -0.4 is 4.90 Å². The summed E-state index contributed by atoms with van der Waals surface area (Å²) in [7, 11) is 0. The lowest BCUT2D eigenvalue weighted by atomic mass is 10.0. The summed E-state index contributed by atoms with van der Waals surface area (Å²) < 4.78 is 43.0. The number of rotatable bonds is 6. The first-order valence-corrected chi connectivity index (χ1v) is 11.6. The van der Waals surface area contributed by atoms with Gasteiger partial charge in [0.25, 0.3) is 0 Å². The summed E-state index contributed by atoms with van der Waals surface area (Å²) in [6.45, 7) is -0.423. The first-order chi connectivity index (χ1) is 17.0. The highest BCUT2D eigenvalue weighted by Gasteiger charge is 2.45. The smallest absolute Gasteiger partial charge is 0.418 e. The zero-order valence-corrected chi connectivity index (χ0v) is 19.5. The molecule has 1 aliphatic heterocycles. The van der Waals surface area contributed by atoms with Gasteiger partial charge in [-0.15, -0.1) is 0 Å². The number of halogens is 4. The number of carbonyl (C=O) groups excluding carboxylic acids is 2. The van der Waals surface area contributed by atoms with Gasteiger partial charge in [-0.05, 0) is 48.6 Å². The minimum absolute atomic E-state index is 0.287. The molecule has 1 saturated carbocycles. The molecule has 2 aliphatic rings. The van der Waals surface area contributed by atoms with Gasteiger partial charge in [0, 0.05) is 18.8 Å². The third kappa shape index (κ3) is 4.39. The van der Waals surface area contributed by atoms with Gasteiger partial charge in [-0.25, -0.2) is 9.78 Å². The van der Waals surface area contributed by atoms with Crippen LogP contribution in [0.5, 0.6) is 0 Å². The first-order valence-electron chi connectivity index (χ1n) is 11.2. The number of benzene rings is 2. The van der Waals surface area contributed by atoms with Crippen LogP contribution in [-0.4, -0.2) is 44.0 Å². The SMILES string of the molecule is O=C(O)C1CN(c2ccc3c(c2)ncn3CC2CC2)C(=O)N(Cc2cccc(Cl)c2C(F)(F)F)C1=O. The minimum atomic E-state index is -4.84. The number of carboxylic acids is 1. The molecule has 1 unspecified atom stereocenters. The number of imide groups is 1. The fraction of sp³-hybridized carbons (Fsp3) is 0.333. The second-order valence-electron chi connectivity index (χ2n) is 8.99. The highest BCUT2D eigenvalue weighted by Crippen LogP contribution is 2.38. The van der Waals surface area contributed by atoms with E-state index in [1.54, 1.807) is 24.5 Å². The Morgan fingerprint density at radius 3 is 2.58 bits per heavy atom. The number of amides is 3. The molecule has 0 bridgehead atoms. The summed E-state index contributed by atoms with van der Waals surface area (Å²) in [6, 6.07) is 7.46. The quantitative estimate of drug-likeness (QED) is 0.472. The molecule has 5 rings (SSSR count). The van der Waals surface area contributed by atoms with Crippen molar-refractivity contribution in [3.8, 4) is 0 Å². The maximum atomic E-state index is 13.7. The Morgan fingerprint density at radius 2 is 1.92 bits per heavy atom. The van der Waals surface area contributed by atoms with Crippen molar-refractivity contribution in [1.82, 2.24) is 14.5 Å². The Balaban J connectivity index is 1.50. The standard InChI is InChI=1S/C24H20ClF3N4O4/c25-17-3-1-2-14(20(17)24(26,27)28)10-32-21(33)16(22(34)35)11-31(23(32)36)15-6-7-19-18(8-15)29-12-30(19)9-13-4-5-13/h1-3,6-8,12-13,16H,4-5,9-11H2,(H,34,35). The van der Waals surface area contributed by atoms with Crippen molar-refractivity contribution in [2.45, 2.75) is 32.1 Å². The van der Waals surface area contributed by atoms with Crippen LogP contribution >= 0.6 is 11.6 Å². The molecule has 1 aliphatic carbocycles. The number of hydrogen-bond acceptors (Lipinski definition) is 4. The molecule has 36 heavy (non-hydrogen) atoms. The van der Waals surface area contributed by atoms with E-state index in [4.69, 9.17) is 11.6 Å². The van der Waals surface area contributed by atoms with Crippen LogP contribution in [0, 0.1) is 11.8 Å². The molecule has 2 fully saturated rings. The number of hydrogen-bond donors (Lipinski definition) is 1. The molecule has 1 saturated heterocycles. The van der Waals surface area contributed by atoms with E-state index in [1.165, 1.54) is 6.07 Å². The van der Waals surface area contributed by atoms with Gasteiger partial charge in [0.1, 0.15) is 0 Å². The van der Waals surface area contributed by atoms with Gasteiger partial charge in [0.05, 0.1) is 34.5 Å². The highest BCUT2D eigenvalue weighted by atomic mass is 35.5. The Bertz CT molecular complexity index is 1390. The maximum absolute atomic E-state index is 13.7. The van der Waals surface area contributed by atoms with Crippen LogP contribution in [0.2, 0.25) is 5.02 Å². The van der Waals surface area contributed by atoms with Crippen LogP contribution in [0.15, 0.2) is 42.7 Å². The number of nitrogens with zero attached hydrogens (tertiary/aromatic N) is 4. The number of carbonyl (C=O) groups is 3. The van der Waals surface area contributed by atoms with Gasteiger partial charge in [0.2, 0.25) is 5.91 Å². The number of anilines is 1. The molecule has 3 aromatic rings. The molecular weight excluding hydrogens is 501 g/mol. The lowest BCUT2D eigenvalue weighted by Gasteiger charge is -2.37. The van der Waals surface area contributed by atoms with E-state index in [9.17, 15) is 32.7 Å². The van der Waals surface area contributed by atoms with Crippen LogP contribution in [-0.2, 0) is 28.9 Å². The second-order valence-corrected chi connectivity index (χ2v) is 9.40. The minimum Gasteiger partial charge on any atom is -0.481 e. The lowest BCUT2D eigenvalue weighted by molar-refractivity contribution is -0.151. The van der Waals surface area contributed by atoms with Crippen molar-refractivity contribution in [3.05, 3.63) is 58.9 Å². The van der Waals surface area contributed by atoms with Gasteiger partial charge in [-0.2, -0.15) is 13.2 Å². The average Bonchev–Trinajstić information content (AvgIpc) is 3.54. The van der Waals surface area contributed by atoms with Gasteiger partial charge >= 0.3 is 18.2 Å². The number of fused-ring (bicyclic) bond motifs is 1. The summed E-state index contributed by atoms with van der Waals surface area (Å²) in [5.74, 6) is -3.62. The zero-order chi connectivity index (χ0) is 25.8. The molecule has 2 heterocycles. The average molecular weight is 521 g/mol. The highest BCUT2D eigenvalue weighted by molar-refractivity contribution is 6.31. The second kappa shape index (κ2) is 8.81. The van der Waals surface area contributed by atoms with Gasteiger partial charge < -0.3 is 9.67 Å². The predicted molar refractivity (Wildman–Crippen MR) is 123 cm³/mol. The van der Waals surface area contributed by atoms with Crippen LogP contribution in [0.25, 0.3) is 11.0 Å². The Kier molecular flexibility index (Phi) is 5.90. The summed E-state index contributed by atoms with van der Waals surface area (Å²) in [6.07, 6.45) is -0.837. The lowest BCUT2D eigenvalue weighted by Crippen LogP contribution is -2.58. The van der Waals surface area contributed by atoms with Crippen molar-refractivity contribution in [2.75, 3.05) is 11.4 Å². The van der Waals surface area contributed by atoms with E-state index in [0.717, 1.165) is 41.9 Å². The Morgan fingerprint density at radius 1 is 1.17 bits per heavy atom. The van der Waals surface area contributed by atoms with Crippen LogP contribution in [0.1, 0.15) is 24.0 Å². The maximum Gasteiger partial charge on any atom is 0.418 e. The normalized spacial score (nSPS) is 18.8. The van der Waals surface area contributed by atoms with Crippen molar-refractivity contribution >= 4 is 46.2 Å². The summed E-state index contributed by atoms with van der Waals surface area (Å²) in [5, 5.41) is 9.05. The van der Waals surface area contributed by atoms with E-state index in [2.05, 4.69) is 4.98 Å². The predicted octanol–water partition coefficient (Wildman–Crippen LogP) is 4.79. The van der Waals surface area contributed by atoms with Gasteiger partial charge in [-0.1, -0.05) is 23.7 Å². The molecule has 1 atom stereocenters. The van der Waals surface area contributed by atoms with Gasteiger partial charge in [0.15, 0.2) is 5.92 Å². The molecular formula is C24H20ClF3N4O4. The molecule has 188 valence electrons. The molecule has 8 nitrogen and oxygen atoms in total. The largest absolute Gasteiger partial charge is 0.481 e. The molecule has 3 amide bonds. The zero-order valence-electron chi connectivity index (χ0n) is 18.7. The van der Waals surface area contributed by atoms with E-state index in [0.29, 0.717) is 16.3 Å². The van der Waals surface area contributed by atoms with Crippen LogP contribution in [0.4, 0.5) is 23.7 Å². The fourth-order valence-corrected chi connectivity index (χ4v) is 4.75. The summed E-state index contributed by atoms with van der Waals surface area (Å²) in [5.41, 5.74) is 0.1000. The number of alkyl halides is 3. The fourth-order valence-electron chi connectivity index (χ4n) is 4.44. The molecule has 0 radical (unpaired) electrons. The number of urea groups is 1. The Labute approximate surface area is 207 Å². The number of carboxylic acid groups (broad SMARTS) is 1. The van der Waals surface area contributed by atoms with E-state index in [1.807, 2.05) is 4.57 Å². The molecule has 1 aromatic heterocycles. The number of aliphatic carboxylic acids is 1. The third-order valence-corrected chi connectivity index (χ3v) is 6.78. The number of imidazole rings is 1. The molecule has 12 heteroatoms. The summed E-state index contributed by atoms with van der Waals surface area (Å²) >= 11 is 5.78. The van der Waals surface area contributed by atoms with Crippen molar-refractivity contribution in [3.63, 3.8) is 0 Å².